The van der Waals surface area contributed by atoms with Gasteiger partial charge in [0.1, 0.15) is 0 Å². The molecule has 15 heavy (non-hydrogen) atoms. The van der Waals surface area contributed by atoms with Crippen molar-refractivity contribution in [2.75, 3.05) is 0 Å². The summed E-state index contributed by atoms with van der Waals surface area (Å²) in [5, 5.41) is 0.846. The van der Waals surface area contributed by atoms with E-state index in [1.165, 1.54) is 11.6 Å². The lowest BCUT2D eigenvalue weighted by Gasteiger charge is -2.01. The molecule has 1 aromatic carbocycles. The van der Waals surface area contributed by atoms with Crippen LogP contribution in [0.3, 0.4) is 0 Å². The summed E-state index contributed by atoms with van der Waals surface area (Å²) in [6.07, 6.45) is 0. The molecular formula is C12H10BrNO. The van der Waals surface area contributed by atoms with Gasteiger partial charge in [0.25, 0.3) is 0 Å². The van der Waals surface area contributed by atoms with Gasteiger partial charge < -0.3 is 4.98 Å². The highest BCUT2D eigenvalue weighted by Gasteiger charge is 1.97. The summed E-state index contributed by atoms with van der Waals surface area (Å²) in [5.41, 5.74) is 3.02. The van der Waals surface area contributed by atoms with Crippen molar-refractivity contribution >= 4 is 15.9 Å². The first-order chi connectivity index (χ1) is 7.29. The Hall–Kier alpha value is -1.35. The first-order valence-electron chi connectivity index (χ1n) is 4.64. The Morgan fingerprint density at radius 1 is 1.07 bits per heavy atom. The van der Waals surface area contributed by atoms with E-state index >= 15 is 0 Å². The van der Waals surface area contributed by atoms with Crippen LogP contribution >= 0.6 is 15.9 Å². The molecule has 2 rings (SSSR count). The van der Waals surface area contributed by atoms with Crippen LogP contribution in [0.25, 0.3) is 11.3 Å². The predicted molar refractivity (Wildman–Crippen MR) is 65.1 cm³/mol. The quantitative estimate of drug-likeness (QED) is 0.831. The smallest absolute Gasteiger partial charge is 0.248 e. The van der Waals surface area contributed by atoms with Gasteiger partial charge in [-0.1, -0.05) is 46.3 Å². The maximum absolute atomic E-state index is 11.1. The van der Waals surface area contributed by atoms with Crippen molar-refractivity contribution in [3.8, 4) is 11.3 Å². The number of rotatable bonds is 2. The molecule has 3 heteroatoms. The van der Waals surface area contributed by atoms with E-state index in [2.05, 4.69) is 20.9 Å². The molecule has 0 aliphatic heterocycles. The number of aromatic nitrogens is 1. The summed E-state index contributed by atoms with van der Waals surface area (Å²) in [4.78, 5) is 13.9. The first-order valence-corrected chi connectivity index (χ1v) is 5.76. The third-order valence-electron chi connectivity index (χ3n) is 2.19. The van der Waals surface area contributed by atoms with E-state index in [9.17, 15) is 4.79 Å². The number of nitrogens with one attached hydrogen (secondary N) is 1. The summed E-state index contributed by atoms with van der Waals surface area (Å²) in [6, 6.07) is 13.2. The van der Waals surface area contributed by atoms with E-state index in [1.807, 2.05) is 30.3 Å². The Morgan fingerprint density at radius 2 is 1.80 bits per heavy atom. The number of hydrogen-bond acceptors (Lipinski definition) is 1. The molecule has 0 spiro atoms. The topological polar surface area (TPSA) is 32.9 Å². The van der Waals surface area contributed by atoms with Crippen molar-refractivity contribution in [2.45, 2.75) is 5.33 Å². The molecule has 1 aromatic heterocycles. The predicted octanol–water partition coefficient (Wildman–Crippen LogP) is 2.94. The molecule has 76 valence electrons. The maximum atomic E-state index is 11.1. The van der Waals surface area contributed by atoms with Crippen LogP contribution in [-0.2, 0) is 5.33 Å². The van der Waals surface area contributed by atoms with E-state index in [0.29, 0.717) is 0 Å². The van der Waals surface area contributed by atoms with Gasteiger partial charge in [-0.15, -0.1) is 0 Å². The lowest BCUT2D eigenvalue weighted by atomic mass is 10.1. The number of pyridine rings is 1. The van der Waals surface area contributed by atoms with Crippen LogP contribution in [-0.4, -0.2) is 4.98 Å². The van der Waals surface area contributed by atoms with Gasteiger partial charge >= 0.3 is 0 Å². The van der Waals surface area contributed by atoms with E-state index in [-0.39, 0.29) is 5.56 Å². The molecule has 0 atom stereocenters. The summed E-state index contributed by atoms with van der Waals surface area (Å²) in [6.45, 7) is 0. The lowest BCUT2D eigenvalue weighted by molar-refractivity contribution is 1.24. The number of halogens is 1. The third kappa shape index (κ3) is 2.36. The van der Waals surface area contributed by atoms with Crippen molar-refractivity contribution in [1.82, 2.24) is 4.98 Å². The van der Waals surface area contributed by atoms with Crippen LogP contribution in [0.4, 0.5) is 0 Å². The summed E-state index contributed by atoms with van der Waals surface area (Å²) < 4.78 is 0. The second kappa shape index (κ2) is 4.45. The highest BCUT2D eigenvalue weighted by atomic mass is 79.9. The molecule has 1 N–H and O–H groups in total. The van der Waals surface area contributed by atoms with E-state index in [0.717, 1.165) is 16.6 Å². The largest absolute Gasteiger partial charge is 0.322 e. The maximum Gasteiger partial charge on any atom is 0.248 e. The highest BCUT2D eigenvalue weighted by Crippen LogP contribution is 2.16. The summed E-state index contributed by atoms with van der Waals surface area (Å²) in [5.74, 6) is 0. The molecule has 2 nitrogen and oxygen atoms in total. The van der Waals surface area contributed by atoms with E-state index < -0.39 is 0 Å². The number of hydrogen-bond donors (Lipinski definition) is 1. The van der Waals surface area contributed by atoms with Gasteiger partial charge in [0.15, 0.2) is 0 Å². The molecule has 2 aromatic rings. The van der Waals surface area contributed by atoms with Crippen LogP contribution < -0.4 is 5.56 Å². The fourth-order valence-corrected chi connectivity index (χ4v) is 1.76. The van der Waals surface area contributed by atoms with Gasteiger partial charge in [0, 0.05) is 17.1 Å². The second-order valence-corrected chi connectivity index (χ2v) is 3.82. The number of benzene rings is 1. The van der Waals surface area contributed by atoms with Crippen molar-refractivity contribution in [3.05, 3.63) is 58.4 Å². The molecule has 0 bridgehead atoms. The van der Waals surface area contributed by atoms with Crippen LogP contribution in [0.5, 0.6) is 0 Å². The third-order valence-corrected chi connectivity index (χ3v) is 2.84. The molecule has 0 unspecified atom stereocenters. The zero-order valence-corrected chi connectivity index (χ0v) is 9.62. The fraction of sp³-hybridized carbons (Fsp3) is 0.0833. The molecular weight excluding hydrogens is 254 g/mol. The Balaban J connectivity index is 2.41. The summed E-state index contributed by atoms with van der Waals surface area (Å²) >= 11 is 3.39. The van der Waals surface area contributed by atoms with Crippen molar-refractivity contribution in [2.24, 2.45) is 0 Å². The number of alkyl halides is 1. The minimum Gasteiger partial charge on any atom is -0.322 e. The molecule has 0 amide bonds. The van der Waals surface area contributed by atoms with Crippen LogP contribution in [0.15, 0.2) is 47.3 Å². The van der Waals surface area contributed by atoms with E-state index in [1.54, 1.807) is 6.07 Å². The van der Waals surface area contributed by atoms with Gasteiger partial charge in [0.05, 0.1) is 0 Å². The molecule has 0 saturated carbocycles. The monoisotopic (exact) mass is 263 g/mol. The number of H-pyrrole nitrogens is 1. The second-order valence-electron chi connectivity index (χ2n) is 3.26. The zero-order chi connectivity index (χ0) is 10.7. The van der Waals surface area contributed by atoms with Crippen molar-refractivity contribution in [3.63, 3.8) is 0 Å². The summed E-state index contributed by atoms with van der Waals surface area (Å²) in [7, 11) is 0. The van der Waals surface area contributed by atoms with E-state index in [4.69, 9.17) is 0 Å². The molecule has 0 aliphatic rings. The van der Waals surface area contributed by atoms with Crippen molar-refractivity contribution in [1.29, 1.82) is 0 Å². The SMILES string of the molecule is O=c1cccc(-c2ccc(CBr)cc2)[nH]1. The minimum absolute atomic E-state index is 0.0722. The van der Waals surface area contributed by atoms with Crippen LogP contribution in [0.2, 0.25) is 0 Å². The average Bonchev–Trinajstić information content (AvgIpc) is 2.29. The lowest BCUT2D eigenvalue weighted by Crippen LogP contribution is -2.03. The molecule has 0 radical (unpaired) electrons. The first kappa shape index (κ1) is 10.2. The molecule has 0 saturated heterocycles. The van der Waals surface area contributed by atoms with Gasteiger partial charge in [-0.2, -0.15) is 0 Å². The minimum atomic E-state index is -0.0722. The van der Waals surface area contributed by atoms with Gasteiger partial charge in [-0.25, -0.2) is 0 Å². The van der Waals surface area contributed by atoms with Crippen LogP contribution in [0.1, 0.15) is 5.56 Å². The van der Waals surface area contributed by atoms with Gasteiger partial charge in [-0.05, 0) is 17.2 Å². The Morgan fingerprint density at radius 3 is 2.40 bits per heavy atom. The Labute approximate surface area is 96.1 Å². The highest BCUT2D eigenvalue weighted by molar-refractivity contribution is 9.08. The molecule has 1 heterocycles. The number of aromatic amines is 1. The Bertz CT molecular complexity index is 502. The zero-order valence-electron chi connectivity index (χ0n) is 8.03. The molecule has 0 fully saturated rings. The standard InChI is InChI=1S/C12H10BrNO/c13-8-9-4-6-10(7-5-9)11-2-1-3-12(15)14-11/h1-7H,8H2,(H,14,15). The Kier molecular flexibility index (Phi) is 3.02. The van der Waals surface area contributed by atoms with Crippen LogP contribution in [0, 0.1) is 0 Å². The van der Waals surface area contributed by atoms with Gasteiger partial charge in [0.2, 0.25) is 5.56 Å². The average molecular weight is 264 g/mol. The fourth-order valence-electron chi connectivity index (χ4n) is 1.39. The van der Waals surface area contributed by atoms with Crippen molar-refractivity contribution < 1.29 is 0 Å². The molecule has 0 aliphatic carbocycles. The van der Waals surface area contributed by atoms with Gasteiger partial charge in [-0.3, -0.25) is 4.79 Å². The normalized spacial score (nSPS) is 10.2.